The lowest BCUT2D eigenvalue weighted by Crippen LogP contribution is -2.51. The van der Waals surface area contributed by atoms with Gasteiger partial charge in [-0.3, -0.25) is 9.48 Å². The fraction of sp³-hybridized carbons (Fsp3) is 0.667. The smallest absolute Gasteiger partial charge is 0.242 e. The van der Waals surface area contributed by atoms with Gasteiger partial charge in [0.2, 0.25) is 5.91 Å². The molecule has 1 aliphatic heterocycles. The van der Waals surface area contributed by atoms with E-state index in [1.807, 2.05) is 27.2 Å². The molecule has 0 saturated carbocycles. The molecule has 17 heavy (non-hydrogen) atoms. The molecule has 1 aromatic rings. The molecule has 1 atom stereocenters. The summed E-state index contributed by atoms with van der Waals surface area (Å²) in [5.74, 6) is 0.166. The Morgan fingerprint density at radius 3 is 3.00 bits per heavy atom. The van der Waals surface area contributed by atoms with Crippen LogP contribution in [0.4, 0.5) is 0 Å². The average Bonchev–Trinajstić information content (AvgIpc) is 2.88. The van der Waals surface area contributed by atoms with Crippen molar-refractivity contribution in [2.45, 2.75) is 31.8 Å². The molecule has 0 radical (unpaired) electrons. The quantitative estimate of drug-likeness (QED) is 0.832. The molecule has 2 rings (SSSR count). The van der Waals surface area contributed by atoms with E-state index in [4.69, 9.17) is 0 Å². The minimum absolute atomic E-state index is 0.166. The highest BCUT2D eigenvalue weighted by Crippen LogP contribution is 2.21. The third-order valence-corrected chi connectivity index (χ3v) is 3.37. The first kappa shape index (κ1) is 12.1. The summed E-state index contributed by atoms with van der Waals surface area (Å²) in [6.45, 7) is 3.54. The highest BCUT2D eigenvalue weighted by atomic mass is 16.2. The van der Waals surface area contributed by atoms with Crippen LogP contribution >= 0.6 is 0 Å². The second-order valence-electron chi connectivity index (χ2n) is 5.05. The maximum atomic E-state index is 12.3. The van der Waals surface area contributed by atoms with Crippen LogP contribution in [0.3, 0.4) is 0 Å². The molecule has 0 aromatic carbocycles. The number of aryl methyl sites for hydroxylation is 1. The molecule has 1 amide bonds. The second-order valence-corrected chi connectivity index (χ2v) is 5.05. The molecule has 1 N–H and O–H groups in total. The molecular weight excluding hydrogens is 216 g/mol. The van der Waals surface area contributed by atoms with Crippen molar-refractivity contribution in [1.82, 2.24) is 20.0 Å². The van der Waals surface area contributed by atoms with E-state index < -0.39 is 0 Å². The van der Waals surface area contributed by atoms with Crippen LogP contribution in [0.25, 0.3) is 0 Å². The lowest BCUT2D eigenvalue weighted by molar-refractivity contribution is -0.136. The van der Waals surface area contributed by atoms with Crippen molar-refractivity contribution in [2.75, 3.05) is 13.6 Å². The maximum absolute atomic E-state index is 12.3. The summed E-state index contributed by atoms with van der Waals surface area (Å²) in [6.07, 6.45) is 5.73. The molecule has 0 bridgehead atoms. The van der Waals surface area contributed by atoms with Crippen molar-refractivity contribution >= 4 is 5.91 Å². The third kappa shape index (κ3) is 2.49. The van der Waals surface area contributed by atoms with E-state index in [1.165, 1.54) is 0 Å². The number of aromatic nitrogens is 2. The van der Waals surface area contributed by atoms with Gasteiger partial charge < -0.3 is 10.2 Å². The molecule has 1 fully saturated rings. The lowest BCUT2D eigenvalue weighted by atomic mass is 9.98. The first-order valence-electron chi connectivity index (χ1n) is 5.99. The van der Waals surface area contributed by atoms with Crippen LogP contribution in [0, 0.1) is 0 Å². The topological polar surface area (TPSA) is 50.2 Å². The van der Waals surface area contributed by atoms with Gasteiger partial charge in [-0.2, -0.15) is 5.10 Å². The number of hydrogen-bond acceptors (Lipinski definition) is 3. The molecule has 5 nitrogen and oxygen atoms in total. The van der Waals surface area contributed by atoms with E-state index in [9.17, 15) is 4.79 Å². The monoisotopic (exact) mass is 236 g/mol. The van der Waals surface area contributed by atoms with Gasteiger partial charge in [0, 0.05) is 32.4 Å². The third-order valence-electron chi connectivity index (χ3n) is 3.37. The van der Waals surface area contributed by atoms with Gasteiger partial charge in [0.1, 0.15) is 0 Å². The molecule has 5 heteroatoms. The first-order valence-corrected chi connectivity index (χ1v) is 5.99. The lowest BCUT2D eigenvalue weighted by Gasteiger charge is -2.29. The van der Waals surface area contributed by atoms with E-state index >= 15 is 0 Å². The van der Waals surface area contributed by atoms with E-state index in [0.29, 0.717) is 6.54 Å². The van der Waals surface area contributed by atoms with E-state index in [0.717, 1.165) is 24.9 Å². The summed E-state index contributed by atoms with van der Waals surface area (Å²) in [6, 6.07) is 0. The second kappa shape index (κ2) is 4.49. The van der Waals surface area contributed by atoms with Crippen LogP contribution in [0.2, 0.25) is 0 Å². The summed E-state index contributed by atoms with van der Waals surface area (Å²) in [5, 5.41) is 7.40. The number of rotatable bonds is 3. The Kier molecular flexibility index (Phi) is 3.19. The molecule has 1 aromatic heterocycles. The molecule has 1 saturated heterocycles. The number of nitrogens with one attached hydrogen (secondary N) is 1. The van der Waals surface area contributed by atoms with Crippen LogP contribution in [-0.4, -0.2) is 39.7 Å². The maximum Gasteiger partial charge on any atom is 0.242 e. The summed E-state index contributed by atoms with van der Waals surface area (Å²) >= 11 is 0. The summed E-state index contributed by atoms with van der Waals surface area (Å²) in [5.41, 5.74) is 0.682. The molecular formula is C12H20N4O. The van der Waals surface area contributed by atoms with Crippen LogP contribution in [0.1, 0.15) is 25.3 Å². The number of carbonyl (C=O) groups is 1. The van der Waals surface area contributed by atoms with Gasteiger partial charge in [-0.15, -0.1) is 0 Å². The zero-order valence-corrected chi connectivity index (χ0v) is 10.7. The summed E-state index contributed by atoms with van der Waals surface area (Å²) in [7, 11) is 3.73. The van der Waals surface area contributed by atoms with Crippen LogP contribution in [0.15, 0.2) is 12.4 Å². The van der Waals surface area contributed by atoms with Crippen LogP contribution in [-0.2, 0) is 18.4 Å². The van der Waals surface area contributed by atoms with Gasteiger partial charge in [0.15, 0.2) is 0 Å². The van der Waals surface area contributed by atoms with Crippen LogP contribution in [0.5, 0.6) is 0 Å². The predicted octanol–water partition coefficient (Wildman–Crippen LogP) is 0.521. The predicted molar refractivity (Wildman–Crippen MR) is 65.3 cm³/mol. The Labute approximate surface area is 102 Å². The highest BCUT2D eigenvalue weighted by Gasteiger charge is 2.37. The largest absolute Gasteiger partial charge is 0.340 e. The zero-order valence-electron chi connectivity index (χ0n) is 10.7. The molecule has 1 unspecified atom stereocenters. The standard InChI is InChI=1S/C12H20N4O/c1-12(5-4-6-13-12)11(17)15(2)8-10-7-14-16(3)9-10/h7,9,13H,4-6,8H2,1-3H3. The van der Waals surface area contributed by atoms with Crippen LogP contribution < -0.4 is 5.32 Å². The van der Waals surface area contributed by atoms with Crippen molar-refractivity contribution in [1.29, 1.82) is 0 Å². The molecule has 0 aliphatic carbocycles. The van der Waals surface area contributed by atoms with Gasteiger partial charge in [0.25, 0.3) is 0 Å². The average molecular weight is 236 g/mol. The van der Waals surface area contributed by atoms with Gasteiger partial charge in [-0.25, -0.2) is 0 Å². The Balaban J connectivity index is 2.00. The zero-order chi connectivity index (χ0) is 12.5. The van der Waals surface area contributed by atoms with Gasteiger partial charge in [-0.1, -0.05) is 0 Å². The highest BCUT2D eigenvalue weighted by molar-refractivity contribution is 5.86. The Morgan fingerprint density at radius 1 is 1.71 bits per heavy atom. The minimum Gasteiger partial charge on any atom is -0.340 e. The van der Waals surface area contributed by atoms with Gasteiger partial charge in [-0.05, 0) is 26.3 Å². The van der Waals surface area contributed by atoms with E-state index in [1.54, 1.807) is 15.8 Å². The molecule has 2 heterocycles. The SMILES string of the molecule is CN(Cc1cnn(C)c1)C(=O)C1(C)CCCN1. The normalized spacial score (nSPS) is 23.9. The number of hydrogen-bond donors (Lipinski definition) is 1. The molecule has 0 spiro atoms. The number of amides is 1. The van der Waals surface area contributed by atoms with Crippen molar-refractivity contribution in [3.8, 4) is 0 Å². The van der Waals surface area contributed by atoms with E-state index in [-0.39, 0.29) is 11.4 Å². The van der Waals surface area contributed by atoms with Crippen molar-refractivity contribution < 1.29 is 4.79 Å². The van der Waals surface area contributed by atoms with Gasteiger partial charge in [0.05, 0.1) is 11.7 Å². The minimum atomic E-state index is -0.378. The first-order chi connectivity index (χ1) is 8.01. The Morgan fingerprint density at radius 2 is 2.47 bits per heavy atom. The van der Waals surface area contributed by atoms with Crippen molar-refractivity contribution in [3.05, 3.63) is 18.0 Å². The van der Waals surface area contributed by atoms with Crippen molar-refractivity contribution in [2.24, 2.45) is 7.05 Å². The number of likely N-dealkylation sites (N-methyl/N-ethyl adjacent to an activating group) is 1. The fourth-order valence-corrected chi connectivity index (χ4v) is 2.40. The number of nitrogens with zero attached hydrogens (tertiary/aromatic N) is 3. The Hall–Kier alpha value is -1.36. The molecule has 1 aliphatic rings. The summed E-state index contributed by atoms with van der Waals surface area (Å²) in [4.78, 5) is 14.1. The fourth-order valence-electron chi connectivity index (χ4n) is 2.40. The number of carbonyl (C=O) groups excluding carboxylic acids is 1. The summed E-state index contributed by atoms with van der Waals surface area (Å²) < 4.78 is 1.75. The van der Waals surface area contributed by atoms with E-state index in [2.05, 4.69) is 10.4 Å². The Bertz CT molecular complexity index is 406. The molecule has 94 valence electrons. The van der Waals surface area contributed by atoms with Crippen molar-refractivity contribution in [3.63, 3.8) is 0 Å². The van der Waals surface area contributed by atoms with Gasteiger partial charge >= 0.3 is 0 Å².